The molecule has 0 aromatic carbocycles. The number of carbonyl (C=O) groups excluding carboxylic acids is 1. The molecule has 1 heterocycles. The highest BCUT2D eigenvalue weighted by molar-refractivity contribution is 7.99. The van der Waals surface area contributed by atoms with Crippen LogP contribution in [0.1, 0.15) is 24.2 Å². The van der Waals surface area contributed by atoms with Crippen molar-refractivity contribution in [3.63, 3.8) is 0 Å². The number of hydrogen-bond acceptors (Lipinski definition) is 3. The van der Waals surface area contributed by atoms with Crippen molar-refractivity contribution in [2.24, 2.45) is 0 Å². The van der Waals surface area contributed by atoms with Gasteiger partial charge in [0.25, 0.3) is 11.7 Å². The van der Waals surface area contributed by atoms with E-state index in [0.29, 0.717) is 0 Å². The van der Waals surface area contributed by atoms with Crippen molar-refractivity contribution < 1.29 is 13.6 Å². The summed E-state index contributed by atoms with van der Waals surface area (Å²) in [6.45, 7) is 3.60. The molecule has 0 aliphatic rings. The second-order valence-corrected chi connectivity index (χ2v) is 4.34. The number of amides is 1. The summed E-state index contributed by atoms with van der Waals surface area (Å²) in [7, 11) is 0. The van der Waals surface area contributed by atoms with E-state index in [-0.39, 0.29) is 34.3 Å². The van der Waals surface area contributed by atoms with Crippen LogP contribution in [0.3, 0.4) is 0 Å². The van der Waals surface area contributed by atoms with Crippen LogP contribution in [-0.2, 0) is 0 Å². The molecule has 1 N–H and O–H groups in total. The van der Waals surface area contributed by atoms with Gasteiger partial charge in [-0.3, -0.25) is 4.79 Å². The molecule has 1 aromatic rings. The van der Waals surface area contributed by atoms with Gasteiger partial charge in [0.2, 0.25) is 0 Å². The standard InChI is InChI=1S/C10H12F2N2OS/c1-6(2)14-8(15)7-4-3-5-13-9(7)16-10(11)12/h3-6,10H,1-2H3,(H,14,15). The monoisotopic (exact) mass is 246 g/mol. The van der Waals surface area contributed by atoms with Crippen molar-refractivity contribution in [1.82, 2.24) is 10.3 Å². The van der Waals surface area contributed by atoms with Crippen molar-refractivity contribution in [3.05, 3.63) is 23.9 Å². The number of rotatable bonds is 4. The third kappa shape index (κ3) is 3.77. The van der Waals surface area contributed by atoms with Gasteiger partial charge in [-0.2, -0.15) is 8.78 Å². The summed E-state index contributed by atoms with van der Waals surface area (Å²) < 4.78 is 24.4. The second kappa shape index (κ2) is 5.79. The molecule has 1 amide bonds. The Morgan fingerprint density at radius 2 is 2.19 bits per heavy atom. The maximum absolute atomic E-state index is 12.2. The molecule has 0 unspecified atom stereocenters. The first-order valence-corrected chi connectivity index (χ1v) is 5.59. The highest BCUT2D eigenvalue weighted by Crippen LogP contribution is 2.26. The van der Waals surface area contributed by atoms with Gasteiger partial charge in [-0.15, -0.1) is 0 Å². The first-order valence-electron chi connectivity index (χ1n) is 4.71. The minimum Gasteiger partial charge on any atom is -0.350 e. The van der Waals surface area contributed by atoms with Crippen LogP contribution in [0.4, 0.5) is 8.78 Å². The molecule has 0 saturated carbocycles. The zero-order valence-electron chi connectivity index (χ0n) is 8.91. The summed E-state index contributed by atoms with van der Waals surface area (Å²) in [6.07, 6.45) is 1.39. The molecule has 1 rings (SSSR count). The van der Waals surface area contributed by atoms with E-state index in [2.05, 4.69) is 10.3 Å². The zero-order valence-corrected chi connectivity index (χ0v) is 9.72. The summed E-state index contributed by atoms with van der Waals surface area (Å²) in [5, 5.41) is 2.69. The lowest BCUT2D eigenvalue weighted by Crippen LogP contribution is -2.30. The van der Waals surface area contributed by atoms with E-state index in [0.717, 1.165) is 0 Å². The van der Waals surface area contributed by atoms with Crippen LogP contribution in [0.2, 0.25) is 0 Å². The Labute approximate surface area is 96.6 Å². The molecule has 3 nitrogen and oxygen atoms in total. The van der Waals surface area contributed by atoms with E-state index < -0.39 is 5.76 Å². The van der Waals surface area contributed by atoms with Gasteiger partial charge >= 0.3 is 0 Å². The zero-order chi connectivity index (χ0) is 12.1. The molecular weight excluding hydrogens is 234 g/mol. The molecule has 0 fully saturated rings. The maximum atomic E-state index is 12.2. The molecule has 0 aliphatic carbocycles. The number of nitrogens with one attached hydrogen (secondary N) is 1. The smallest absolute Gasteiger partial charge is 0.290 e. The fourth-order valence-corrected chi connectivity index (χ4v) is 1.66. The Balaban J connectivity index is 2.89. The average molecular weight is 246 g/mol. The molecular formula is C10H12F2N2OS. The number of aromatic nitrogens is 1. The molecule has 16 heavy (non-hydrogen) atoms. The summed E-state index contributed by atoms with van der Waals surface area (Å²) in [6, 6.07) is 2.98. The van der Waals surface area contributed by atoms with Gasteiger partial charge in [-0.1, -0.05) is 0 Å². The lowest BCUT2D eigenvalue weighted by atomic mass is 10.2. The summed E-state index contributed by atoms with van der Waals surface area (Å²) >= 11 is 0.275. The largest absolute Gasteiger partial charge is 0.350 e. The number of hydrogen-bond donors (Lipinski definition) is 1. The van der Waals surface area contributed by atoms with Gasteiger partial charge in [0.15, 0.2) is 0 Å². The highest BCUT2D eigenvalue weighted by Gasteiger charge is 2.16. The SMILES string of the molecule is CC(C)NC(=O)c1cccnc1SC(F)F. The van der Waals surface area contributed by atoms with Crippen molar-refractivity contribution in [2.75, 3.05) is 0 Å². The highest BCUT2D eigenvalue weighted by atomic mass is 32.2. The summed E-state index contributed by atoms with van der Waals surface area (Å²) in [5.41, 5.74) is 0.182. The van der Waals surface area contributed by atoms with E-state index in [1.54, 1.807) is 19.9 Å². The summed E-state index contributed by atoms with van der Waals surface area (Å²) in [5.74, 6) is -2.97. The maximum Gasteiger partial charge on any atom is 0.290 e. The fourth-order valence-electron chi connectivity index (χ4n) is 1.08. The molecule has 1 aromatic heterocycles. The Hall–Kier alpha value is -1.17. The average Bonchev–Trinajstić information content (AvgIpc) is 2.16. The molecule has 0 atom stereocenters. The van der Waals surface area contributed by atoms with Crippen LogP contribution in [0.5, 0.6) is 0 Å². The first kappa shape index (κ1) is 12.9. The number of carbonyl (C=O) groups is 1. The Bertz CT molecular complexity index is 372. The Morgan fingerprint density at radius 1 is 1.50 bits per heavy atom. The van der Waals surface area contributed by atoms with Crippen LogP contribution < -0.4 is 5.32 Å². The number of thioether (sulfide) groups is 1. The van der Waals surface area contributed by atoms with E-state index in [1.165, 1.54) is 12.3 Å². The van der Waals surface area contributed by atoms with Gasteiger partial charge in [0.05, 0.1) is 5.56 Å². The van der Waals surface area contributed by atoms with Gasteiger partial charge in [-0.05, 0) is 37.7 Å². The minimum absolute atomic E-state index is 0.0443. The third-order valence-corrected chi connectivity index (χ3v) is 2.36. The Kier molecular flexibility index (Phi) is 4.67. The molecule has 0 radical (unpaired) electrons. The number of halogens is 2. The predicted molar refractivity (Wildman–Crippen MR) is 58.7 cm³/mol. The third-order valence-electron chi connectivity index (χ3n) is 1.64. The van der Waals surface area contributed by atoms with Crippen molar-refractivity contribution in [2.45, 2.75) is 30.7 Å². The minimum atomic E-state index is -2.58. The molecule has 88 valence electrons. The van der Waals surface area contributed by atoms with Crippen LogP contribution in [0, 0.1) is 0 Å². The van der Waals surface area contributed by atoms with Crippen LogP contribution >= 0.6 is 11.8 Å². The van der Waals surface area contributed by atoms with E-state index in [9.17, 15) is 13.6 Å². The molecule has 0 aliphatic heterocycles. The van der Waals surface area contributed by atoms with Gasteiger partial charge in [0, 0.05) is 12.2 Å². The summed E-state index contributed by atoms with van der Waals surface area (Å²) in [4.78, 5) is 15.4. The molecule has 0 bridgehead atoms. The Morgan fingerprint density at radius 3 is 2.75 bits per heavy atom. The van der Waals surface area contributed by atoms with E-state index >= 15 is 0 Å². The van der Waals surface area contributed by atoms with E-state index in [4.69, 9.17) is 0 Å². The topological polar surface area (TPSA) is 42.0 Å². The van der Waals surface area contributed by atoms with Crippen LogP contribution in [-0.4, -0.2) is 22.7 Å². The van der Waals surface area contributed by atoms with Crippen molar-refractivity contribution in [1.29, 1.82) is 0 Å². The lowest BCUT2D eigenvalue weighted by Gasteiger charge is -2.10. The normalized spacial score (nSPS) is 10.9. The fraction of sp³-hybridized carbons (Fsp3) is 0.400. The molecule has 6 heteroatoms. The number of pyridine rings is 1. The first-order chi connectivity index (χ1) is 7.50. The van der Waals surface area contributed by atoms with Crippen molar-refractivity contribution in [3.8, 4) is 0 Å². The quantitative estimate of drug-likeness (QED) is 0.830. The van der Waals surface area contributed by atoms with Gasteiger partial charge < -0.3 is 5.32 Å². The predicted octanol–water partition coefficient (Wildman–Crippen LogP) is 2.53. The second-order valence-electron chi connectivity index (χ2n) is 3.36. The van der Waals surface area contributed by atoms with E-state index in [1.807, 2.05) is 0 Å². The number of nitrogens with zero attached hydrogens (tertiary/aromatic N) is 1. The van der Waals surface area contributed by atoms with Crippen LogP contribution in [0.25, 0.3) is 0 Å². The molecule has 0 saturated heterocycles. The van der Waals surface area contributed by atoms with Gasteiger partial charge in [0.1, 0.15) is 5.03 Å². The van der Waals surface area contributed by atoms with Crippen molar-refractivity contribution >= 4 is 17.7 Å². The van der Waals surface area contributed by atoms with Crippen LogP contribution in [0.15, 0.2) is 23.4 Å². The number of alkyl halides is 2. The molecule has 0 spiro atoms. The lowest BCUT2D eigenvalue weighted by molar-refractivity contribution is 0.0939. The van der Waals surface area contributed by atoms with Gasteiger partial charge in [-0.25, -0.2) is 4.98 Å².